The van der Waals surface area contributed by atoms with E-state index in [9.17, 15) is 4.79 Å². The first kappa shape index (κ1) is 13.1. The number of benzene rings is 1. The van der Waals surface area contributed by atoms with E-state index >= 15 is 0 Å². The van der Waals surface area contributed by atoms with Crippen molar-refractivity contribution in [2.75, 3.05) is 0 Å². The van der Waals surface area contributed by atoms with Crippen molar-refractivity contribution in [1.82, 2.24) is 0 Å². The first-order valence-electron chi connectivity index (χ1n) is 6.02. The van der Waals surface area contributed by atoms with Gasteiger partial charge in [0, 0.05) is 5.56 Å². The summed E-state index contributed by atoms with van der Waals surface area (Å²) in [6, 6.07) is 7.56. The van der Waals surface area contributed by atoms with Crippen LogP contribution in [0.5, 0.6) is 0 Å². The van der Waals surface area contributed by atoms with Crippen molar-refractivity contribution >= 4 is 11.8 Å². The first-order chi connectivity index (χ1) is 8.98. The molecule has 2 N–H and O–H groups in total. The highest BCUT2D eigenvalue weighted by molar-refractivity contribution is 5.97. The number of carbonyl (C=O) groups is 1. The Kier molecular flexibility index (Phi) is 3.26. The van der Waals surface area contributed by atoms with E-state index in [0.29, 0.717) is 18.4 Å². The summed E-state index contributed by atoms with van der Waals surface area (Å²) in [6.45, 7) is 3.96. The topological polar surface area (TPSA) is 88.5 Å². The molecule has 0 saturated heterocycles. The largest absolute Gasteiger partial charge is 0.380 e. The number of rotatable bonds is 3. The molecule has 1 aromatic carbocycles. The second-order valence-electron chi connectivity index (χ2n) is 4.85. The van der Waals surface area contributed by atoms with Crippen LogP contribution in [-0.2, 0) is 9.63 Å². The molecule has 0 spiro atoms. The van der Waals surface area contributed by atoms with Crippen LogP contribution < -0.4 is 5.73 Å². The lowest BCUT2D eigenvalue weighted by Crippen LogP contribution is -2.19. The second-order valence-corrected chi connectivity index (χ2v) is 4.85. The summed E-state index contributed by atoms with van der Waals surface area (Å²) < 4.78 is 0. The van der Waals surface area contributed by atoms with Gasteiger partial charge in [0.05, 0.1) is 6.07 Å². The molecule has 5 heteroatoms. The first-order valence-corrected chi connectivity index (χ1v) is 6.02. The number of hydrogen-bond acceptors (Lipinski definition) is 4. The SMILES string of the molecule is Cc1ccc(/C(N)=N/OC(=O)C2(C#N)CC2)cc1C. The van der Waals surface area contributed by atoms with E-state index < -0.39 is 11.4 Å². The summed E-state index contributed by atoms with van der Waals surface area (Å²) in [5.74, 6) is -0.494. The average Bonchev–Trinajstić information content (AvgIpc) is 3.19. The van der Waals surface area contributed by atoms with Gasteiger partial charge in [-0.05, 0) is 43.9 Å². The van der Waals surface area contributed by atoms with Gasteiger partial charge in [0.2, 0.25) is 0 Å². The lowest BCUT2D eigenvalue weighted by Gasteiger charge is -2.05. The number of nitriles is 1. The highest BCUT2D eigenvalue weighted by Gasteiger charge is 2.53. The van der Waals surface area contributed by atoms with Crippen molar-refractivity contribution in [2.45, 2.75) is 26.7 Å². The molecule has 2 rings (SSSR count). The number of oxime groups is 1. The molecule has 5 nitrogen and oxygen atoms in total. The molecule has 0 atom stereocenters. The standard InChI is InChI=1S/C14H15N3O2/c1-9-3-4-11(7-10(9)2)12(16)17-19-13(18)14(8-15)5-6-14/h3-4,7H,5-6H2,1-2H3,(H2,16,17). The van der Waals surface area contributed by atoms with Gasteiger partial charge in [0.25, 0.3) is 0 Å². The third kappa shape index (κ3) is 2.58. The predicted molar refractivity (Wildman–Crippen MR) is 70.0 cm³/mol. The van der Waals surface area contributed by atoms with Gasteiger partial charge < -0.3 is 10.6 Å². The molecule has 0 heterocycles. The minimum Gasteiger partial charge on any atom is -0.380 e. The van der Waals surface area contributed by atoms with Gasteiger partial charge in [-0.2, -0.15) is 5.26 Å². The molecule has 1 saturated carbocycles. The van der Waals surface area contributed by atoms with Crippen molar-refractivity contribution in [2.24, 2.45) is 16.3 Å². The molecule has 0 radical (unpaired) electrons. The predicted octanol–water partition coefficient (Wildman–Crippen LogP) is 1.77. The van der Waals surface area contributed by atoms with Crippen LogP contribution in [-0.4, -0.2) is 11.8 Å². The smallest absolute Gasteiger partial charge is 0.355 e. The Morgan fingerprint density at radius 1 is 1.42 bits per heavy atom. The molecule has 0 amide bonds. The van der Waals surface area contributed by atoms with Crippen molar-refractivity contribution in [3.63, 3.8) is 0 Å². The number of aryl methyl sites for hydroxylation is 2. The molecule has 1 aliphatic carbocycles. The zero-order valence-corrected chi connectivity index (χ0v) is 10.9. The summed E-state index contributed by atoms with van der Waals surface area (Å²) >= 11 is 0. The Morgan fingerprint density at radius 2 is 2.11 bits per heavy atom. The minimum absolute atomic E-state index is 0.130. The van der Waals surface area contributed by atoms with E-state index in [4.69, 9.17) is 15.8 Å². The maximum Gasteiger partial charge on any atom is 0.355 e. The van der Waals surface area contributed by atoms with E-state index in [2.05, 4.69) is 5.16 Å². The molecule has 0 unspecified atom stereocenters. The fraction of sp³-hybridized carbons (Fsp3) is 0.357. The Morgan fingerprint density at radius 3 is 2.63 bits per heavy atom. The molecule has 1 fully saturated rings. The van der Waals surface area contributed by atoms with Crippen LogP contribution in [0.2, 0.25) is 0 Å². The molecular weight excluding hydrogens is 242 g/mol. The monoisotopic (exact) mass is 257 g/mol. The highest BCUT2D eigenvalue weighted by Crippen LogP contribution is 2.45. The van der Waals surface area contributed by atoms with Crippen molar-refractivity contribution in [3.8, 4) is 6.07 Å². The van der Waals surface area contributed by atoms with Gasteiger partial charge in [-0.15, -0.1) is 0 Å². The highest BCUT2D eigenvalue weighted by atomic mass is 16.7. The number of carbonyl (C=O) groups excluding carboxylic acids is 1. The quantitative estimate of drug-likeness (QED) is 0.387. The molecule has 19 heavy (non-hydrogen) atoms. The number of nitrogens with zero attached hydrogens (tertiary/aromatic N) is 2. The van der Waals surface area contributed by atoms with Gasteiger partial charge in [-0.3, -0.25) is 0 Å². The van der Waals surface area contributed by atoms with Gasteiger partial charge in [0.1, 0.15) is 0 Å². The Bertz CT molecular complexity index is 595. The molecule has 98 valence electrons. The zero-order valence-electron chi connectivity index (χ0n) is 10.9. The third-order valence-electron chi connectivity index (χ3n) is 3.38. The van der Waals surface area contributed by atoms with Crippen LogP contribution in [0.25, 0.3) is 0 Å². The molecule has 0 aromatic heterocycles. The van der Waals surface area contributed by atoms with Crippen LogP contribution in [0.4, 0.5) is 0 Å². The Hall–Kier alpha value is -2.35. The summed E-state index contributed by atoms with van der Waals surface area (Å²) in [5.41, 5.74) is 7.69. The summed E-state index contributed by atoms with van der Waals surface area (Å²) in [6.07, 6.45) is 1.06. The van der Waals surface area contributed by atoms with Gasteiger partial charge >= 0.3 is 5.97 Å². The van der Waals surface area contributed by atoms with Crippen molar-refractivity contribution < 1.29 is 9.63 Å². The molecule has 1 aliphatic rings. The summed E-state index contributed by atoms with van der Waals surface area (Å²) in [7, 11) is 0. The van der Waals surface area contributed by atoms with E-state index in [1.165, 1.54) is 0 Å². The fourth-order valence-electron chi connectivity index (χ4n) is 1.62. The average molecular weight is 257 g/mol. The van der Waals surface area contributed by atoms with Crippen molar-refractivity contribution in [1.29, 1.82) is 5.26 Å². The van der Waals surface area contributed by atoms with Crippen LogP contribution in [0.1, 0.15) is 29.5 Å². The summed E-state index contributed by atoms with van der Waals surface area (Å²) in [5, 5.41) is 12.5. The minimum atomic E-state index is -0.993. The Balaban J connectivity index is 2.09. The number of nitrogens with two attached hydrogens (primary N) is 1. The van der Waals surface area contributed by atoms with Crippen LogP contribution in [0.15, 0.2) is 23.4 Å². The van der Waals surface area contributed by atoms with E-state index in [0.717, 1.165) is 11.1 Å². The number of hydrogen-bond donors (Lipinski definition) is 1. The van der Waals surface area contributed by atoms with Gasteiger partial charge in [0.15, 0.2) is 11.3 Å². The molecule has 0 aliphatic heterocycles. The van der Waals surface area contributed by atoms with Crippen LogP contribution >= 0.6 is 0 Å². The lowest BCUT2D eigenvalue weighted by molar-refractivity contribution is -0.147. The Labute approximate surface area is 111 Å². The maximum absolute atomic E-state index is 11.6. The maximum atomic E-state index is 11.6. The second kappa shape index (κ2) is 4.73. The molecule has 0 bridgehead atoms. The third-order valence-corrected chi connectivity index (χ3v) is 3.38. The summed E-state index contributed by atoms with van der Waals surface area (Å²) in [4.78, 5) is 16.4. The molecular formula is C14H15N3O2. The van der Waals surface area contributed by atoms with Crippen molar-refractivity contribution in [3.05, 3.63) is 34.9 Å². The number of amidine groups is 1. The normalized spacial score (nSPS) is 16.6. The zero-order chi connectivity index (χ0) is 14.0. The van der Waals surface area contributed by atoms with E-state index in [1.807, 2.05) is 38.1 Å². The van der Waals surface area contributed by atoms with E-state index in [1.54, 1.807) is 0 Å². The van der Waals surface area contributed by atoms with Crippen LogP contribution in [0.3, 0.4) is 0 Å². The lowest BCUT2D eigenvalue weighted by atomic mass is 10.1. The van der Waals surface area contributed by atoms with Gasteiger partial charge in [-0.25, -0.2) is 4.79 Å². The van der Waals surface area contributed by atoms with Gasteiger partial charge in [-0.1, -0.05) is 17.3 Å². The van der Waals surface area contributed by atoms with E-state index in [-0.39, 0.29) is 5.84 Å². The fourth-order valence-corrected chi connectivity index (χ4v) is 1.62. The van der Waals surface area contributed by atoms with Crippen LogP contribution in [0, 0.1) is 30.6 Å². The molecule has 1 aromatic rings.